The number of anilines is 1. The zero-order valence-electron chi connectivity index (χ0n) is 11.8. The number of halogens is 1. The third-order valence-electron chi connectivity index (χ3n) is 3.25. The van der Waals surface area contributed by atoms with Gasteiger partial charge in [-0.05, 0) is 18.6 Å². The Bertz CT molecular complexity index is 466. The van der Waals surface area contributed by atoms with E-state index in [9.17, 15) is 4.79 Å². The van der Waals surface area contributed by atoms with Gasteiger partial charge in [0, 0.05) is 39.1 Å². The molecule has 0 radical (unpaired) electrons. The van der Waals surface area contributed by atoms with E-state index < -0.39 is 0 Å². The van der Waals surface area contributed by atoms with E-state index in [1.807, 2.05) is 12.1 Å². The molecule has 20 heavy (non-hydrogen) atoms. The molecule has 1 saturated heterocycles. The number of hydrogen-bond acceptors (Lipinski definition) is 4. The Kier molecular flexibility index (Phi) is 5.61. The fraction of sp³-hybridized carbons (Fsp3) is 0.571. The van der Waals surface area contributed by atoms with Crippen LogP contribution in [0.2, 0.25) is 5.02 Å². The quantitative estimate of drug-likeness (QED) is 0.871. The highest BCUT2D eigenvalue weighted by atomic mass is 35.5. The number of amides is 1. The molecule has 2 rings (SSSR count). The fourth-order valence-electron chi connectivity index (χ4n) is 2.13. The molecule has 0 unspecified atom stereocenters. The molecule has 0 aliphatic carbocycles. The van der Waals surface area contributed by atoms with Gasteiger partial charge in [0.1, 0.15) is 5.82 Å². The van der Waals surface area contributed by atoms with Crippen LogP contribution in [0.15, 0.2) is 12.1 Å². The number of nitrogens with zero attached hydrogens (tertiary/aromatic N) is 2. The van der Waals surface area contributed by atoms with Gasteiger partial charge in [0.05, 0.1) is 10.7 Å². The van der Waals surface area contributed by atoms with Crippen LogP contribution in [0.4, 0.5) is 5.82 Å². The van der Waals surface area contributed by atoms with Crippen molar-refractivity contribution >= 4 is 23.3 Å². The maximum atomic E-state index is 11.3. The van der Waals surface area contributed by atoms with Crippen molar-refractivity contribution in [3.8, 4) is 0 Å². The molecule has 2 heterocycles. The Morgan fingerprint density at radius 2 is 2.30 bits per heavy atom. The molecule has 6 heteroatoms. The lowest BCUT2D eigenvalue weighted by Gasteiger charge is -2.19. The maximum absolute atomic E-state index is 11.3. The first-order valence-corrected chi connectivity index (χ1v) is 7.45. The number of hydrogen-bond donors (Lipinski definition) is 2. The van der Waals surface area contributed by atoms with Crippen LogP contribution in [0.25, 0.3) is 0 Å². The zero-order valence-corrected chi connectivity index (χ0v) is 12.5. The van der Waals surface area contributed by atoms with Crippen LogP contribution < -0.4 is 10.6 Å². The first kappa shape index (κ1) is 15.1. The van der Waals surface area contributed by atoms with E-state index in [1.54, 1.807) is 0 Å². The van der Waals surface area contributed by atoms with Crippen LogP contribution in [0.3, 0.4) is 0 Å². The highest BCUT2D eigenvalue weighted by Crippen LogP contribution is 2.19. The molecule has 1 aliphatic rings. The lowest BCUT2D eigenvalue weighted by molar-refractivity contribution is -0.120. The minimum absolute atomic E-state index is 0.116. The molecule has 1 fully saturated rings. The first-order chi connectivity index (χ1) is 9.69. The molecule has 0 bridgehead atoms. The summed E-state index contributed by atoms with van der Waals surface area (Å²) >= 11 is 6.22. The third-order valence-corrected chi connectivity index (χ3v) is 3.60. The van der Waals surface area contributed by atoms with E-state index in [4.69, 9.17) is 11.6 Å². The molecule has 0 saturated carbocycles. The number of nitrogens with one attached hydrogen (secondary N) is 2. The van der Waals surface area contributed by atoms with Gasteiger partial charge in [-0.15, -0.1) is 0 Å². The summed E-state index contributed by atoms with van der Waals surface area (Å²) in [6.07, 6.45) is 1.59. The summed E-state index contributed by atoms with van der Waals surface area (Å²) < 4.78 is 0. The van der Waals surface area contributed by atoms with Gasteiger partial charge in [-0.3, -0.25) is 9.69 Å². The second kappa shape index (κ2) is 7.45. The number of carbonyl (C=O) groups is 1. The van der Waals surface area contributed by atoms with Gasteiger partial charge in [0.25, 0.3) is 0 Å². The van der Waals surface area contributed by atoms with E-state index in [0.29, 0.717) is 24.5 Å². The largest absolute Gasteiger partial charge is 0.370 e. The Hall–Kier alpha value is -1.33. The molecule has 1 aromatic rings. The molecule has 2 N–H and O–H groups in total. The number of pyridine rings is 1. The van der Waals surface area contributed by atoms with Gasteiger partial charge in [0.15, 0.2) is 0 Å². The topological polar surface area (TPSA) is 57.3 Å². The summed E-state index contributed by atoms with van der Waals surface area (Å²) in [5.74, 6) is 0.972. The summed E-state index contributed by atoms with van der Waals surface area (Å²) in [5.41, 5.74) is 0.863. The SMILES string of the molecule is CCCNc1ccc(Cl)c(CN2CCNC(=O)CC2)n1. The molecule has 0 spiro atoms. The van der Waals surface area contributed by atoms with Crippen molar-refractivity contribution in [3.05, 3.63) is 22.8 Å². The normalized spacial score (nSPS) is 16.6. The van der Waals surface area contributed by atoms with E-state index >= 15 is 0 Å². The van der Waals surface area contributed by atoms with Crippen LogP contribution in [-0.4, -0.2) is 42.0 Å². The van der Waals surface area contributed by atoms with Crippen LogP contribution in [0, 0.1) is 0 Å². The summed E-state index contributed by atoms with van der Waals surface area (Å²) in [6.45, 7) is 5.95. The van der Waals surface area contributed by atoms with Crippen molar-refractivity contribution in [3.63, 3.8) is 0 Å². The molecule has 1 aromatic heterocycles. The molecule has 0 atom stereocenters. The molecule has 5 nitrogen and oxygen atoms in total. The van der Waals surface area contributed by atoms with Crippen molar-refractivity contribution in [2.75, 3.05) is 31.5 Å². The van der Waals surface area contributed by atoms with Gasteiger partial charge >= 0.3 is 0 Å². The number of carbonyl (C=O) groups excluding carboxylic acids is 1. The van der Waals surface area contributed by atoms with Gasteiger partial charge in [-0.2, -0.15) is 0 Å². The van der Waals surface area contributed by atoms with Gasteiger partial charge in [-0.25, -0.2) is 4.98 Å². The predicted molar refractivity (Wildman–Crippen MR) is 80.9 cm³/mol. The van der Waals surface area contributed by atoms with Crippen molar-refractivity contribution in [2.24, 2.45) is 0 Å². The minimum atomic E-state index is 0.116. The first-order valence-electron chi connectivity index (χ1n) is 7.07. The predicted octanol–water partition coefficient (Wildman–Crippen LogP) is 1.88. The van der Waals surface area contributed by atoms with Gasteiger partial charge in [-0.1, -0.05) is 18.5 Å². The van der Waals surface area contributed by atoms with E-state index in [2.05, 4.69) is 27.4 Å². The van der Waals surface area contributed by atoms with Crippen LogP contribution >= 0.6 is 11.6 Å². The monoisotopic (exact) mass is 296 g/mol. The van der Waals surface area contributed by atoms with Crippen molar-refractivity contribution in [1.29, 1.82) is 0 Å². The standard InChI is InChI=1S/C14H21ClN4O/c1-2-6-16-13-4-3-11(15)12(18-13)10-19-8-5-14(20)17-7-9-19/h3-4H,2,5-10H2,1H3,(H,16,18)(H,17,20). The van der Waals surface area contributed by atoms with Crippen molar-refractivity contribution in [2.45, 2.75) is 26.3 Å². The smallest absolute Gasteiger partial charge is 0.221 e. The average molecular weight is 297 g/mol. The van der Waals surface area contributed by atoms with Gasteiger partial charge in [0.2, 0.25) is 5.91 Å². The molecule has 1 aliphatic heterocycles. The number of rotatable bonds is 5. The molecule has 1 amide bonds. The lowest BCUT2D eigenvalue weighted by Crippen LogP contribution is -2.28. The van der Waals surface area contributed by atoms with E-state index in [0.717, 1.165) is 37.6 Å². The van der Waals surface area contributed by atoms with E-state index in [-0.39, 0.29) is 5.91 Å². The van der Waals surface area contributed by atoms with Crippen LogP contribution in [-0.2, 0) is 11.3 Å². The highest BCUT2D eigenvalue weighted by molar-refractivity contribution is 6.31. The van der Waals surface area contributed by atoms with Gasteiger partial charge < -0.3 is 10.6 Å². The van der Waals surface area contributed by atoms with Crippen LogP contribution in [0.5, 0.6) is 0 Å². The summed E-state index contributed by atoms with van der Waals surface area (Å²) in [7, 11) is 0. The number of aromatic nitrogens is 1. The Labute approximate surface area is 124 Å². The Morgan fingerprint density at radius 1 is 1.45 bits per heavy atom. The van der Waals surface area contributed by atoms with Crippen LogP contribution in [0.1, 0.15) is 25.5 Å². The summed E-state index contributed by atoms with van der Waals surface area (Å²) in [6, 6.07) is 3.78. The van der Waals surface area contributed by atoms with Crippen molar-refractivity contribution < 1.29 is 4.79 Å². The van der Waals surface area contributed by atoms with Crippen molar-refractivity contribution in [1.82, 2.24) is 15.2 Å². The fourth-order valence-corrected chi connectivity index (χ4v) is 2.29. The lowest BCUT2D eigenvalue weighted by atomic mass is 10.3. The highest BCUT2D eigenvalue weighted by Gasteiger charge is 2.15. The summed E-state index contributed by atoms with van der Waals surface area (Å²) in [4.78, 5) is 18.1. The van der Waals surface area contributed by atoms with E-state index in [1.165, 1.54) is 0 Å². The molecule has 0 aromatic carbocycles. The summed E-state index contributed by atoms with van der Waals surface area (Å²) in [5, 5.41) is 6.81. The molecule has 110 valence electrons. The second-order valence-electron chi connectivity index (χ2n) is 4.93. The molecular weight excluding hydrogens is 276 g/mol. The zero-order chi connectivity index (χ0) is 14.4. The molecular formula is C14H21ClN4O. The third kappa shape index (κ3) is 4.35. The Balaban J connectivity index is 2.01. The maximum Gasteiger partial charge on any atom is 0.221 e. The minimum Gasteiger partial charge on any atom is -0.370 e. The average Bonchev–Trinajstić information content (AvgIpc) is 2.64. The Morgan fingerprint density at radius 3 is 3.10 bits per heavy atom. The second-order valence-corrected chi connectivity index (χ2v) is 5.34.